The largest absolute Gasteiger partial charge is 0.442 e. The van der Waals surface area contributed by atoms with E-state index in [1.165, 1.54) is 0 Å². The molecular weight excluding hydrogens is 166 g/mol. The molecule has 0 N–H and O–H groups in total. The molecule has 0 spiro atoms. The SMILES string of the molecule is CC(C)(OC(=O)Cl)C(F)F. The highest BCUT2D eigenvalue weighted by molar-refractivity contribution is 6.61. The smallest absolute Gasteiger partial charge is 0.404 e. The van der Waals surface area contributed by atoms with Gasteiger partial charge in [0, 0.05) is 11.6 Å². The van der Waals surface area contributed by atoms with Crippen molar-refractivity contribution in [3.8, 4) is 0 Å². The summed E-state index contributed by atoms with van der Waals surface area (Å²) in [5.74, 6) is 0. The molecule has 0 aromatic carbocycles. The molecule has 0 fully saturated rings. The third-order valence-electron chi connectivity index (χ3n) is 0.869. The molecule has 0 saturated carbocycles. The Morgan fingerprint density at radius 1 is 1.60 bits per heavy atom. The lowest BCUT2D eigenvalue weighted by molar-refractivity contribution is -0.0695. The fourth-order valence-corrected chi connectivity index (χ4v) is 0.450. The zero-order valence-corrected chi connectivity index (χ0v) is 6.28. The summed E-state index contributed by atoms with van der Waals surface area (Å²) in [4.78, 5) is 9.97. The standard InChI is InChI=1S/C5H7ClF2O2/c1-5(2,3(7)8)10-4(6)9/h3H,1-2H3. The second kappa shape index (κ2) is 3.14. The minimum absolute atomic E-state index is 1.08. The molecule has 0 unspecified atom stereocenters. The van der Waals surface area contributed by atoms with Crippen LogP contribution in [0.15, 0.2) is 0 Å². The van der Waals surface area contributed by atoms with Crippen LogP contribution in [0.4, 0.5) is 13.6 Å². The van der Waals surface area contributed by atoms with E-state index in [1.807, 2.05) is 0 Å². The molecule has 0 atom stereocenters. The summed E-state index contributed by atoms with van der Waals surface area (Å²) >= 11 is 4.71. The molecule has 0 rings (SSSR count). The normalized spacial score (nSPS) is 11.8. The maximum Gasteiger partial charge on any atom is 0.404 e. The fraction of sp³-hybridized carbons (Fsp3) is 0.800. The van der Waals surface area contributed by atoms with E-state index in [0.29, 0.717) is 0 Å². The van der Waals surface area contributed by atoms with E-state index in [1.54, 1.807) is 0 Å². The average molecular weight is 173 g/mol. The first kappa shape index (κ1) is 9.62. The van der Waals surface area contributed by atoms with Gasteiger partial charge in [-0.2, -0.15) is 0 Å². The number of carbonyl (C=O) groups excluding carboxylic acids is 1. The lowest BCUT2D eigenvalue weighted by atomic mass is 10.1. The van der Waals surface area contributed by atoms with Gasteiger partial charge in [0.1, 0.15) is 0 Å². The molecule has 0 aliphatic heterocycles. The van der Waals surface area contributed by atoms with Gasteiger partial charge in [0.15, 0.2) is 5.60 Å². The van der Waals surface area contributed by atoms with Gasteiger partial charge in [-0.3, -0.25) is 0 Å². The first-order chi connectivity index (χ1) is 4.36. The molecule has 0 aliphatic rings. The summed E-state index contributed by atoms with van der Waals surface area (Å²) in [6.07, 6.45) is -2.73. The third kappa shape index (κ3) is 2.96. The van der Waals surface area contributed by atoms with Gasteiger partial charge < -0.3 is 4.74 Å². The van der Waals surface area contributed by atoms with Gasteiger partial charge in [0.05, 0.1) is 0 Å². The Balaban J connectivity index is 3.99. The zero-order chi connectivity index (χ0) is 8.36. The molecule has 0 bridgehead atoms. The van der Waals surface area contributed by atoms with Crippen LogP contribution in [0.5, 0.6) is 0 Å². The Morgan fingerprint density at radius 2 is 2.00 bits per heavy atom. The van der Waals surface area contributed by atoms with Crippen molar-refractivity contribution in [2.24, 2.45) is 0 Å². The summed E-state index contributed by atoms with van der Waals surface area (Å²) in [6.45, 7) is 2.16. The van der Waals surface area contributed by atoms with Gasteiger partial charge in [0.2, 0.25) is 0 Å². The third-order valence-corrected chi connectivity index (χ3v) is 0.946. The number of hydrogen-bond acceptors (Lipinski definition) is 2. The van der Waals surface area contributed by atoms with Crippen LogP contribution in [0.2, 0.25) is 0 Å². The van der Waals surface area contributed by atoms with Gasteiger partial charge >= 0.3 is 5.43 Å². The van der Waals surface area contributed by atoms with Gasteiger partial charge in [-0.25, -0.2) is 13.6 Å². The van der Waals surface area contributed by atoms with Crippen molar-refractivity contribution in [3.63, 3.8) is 0 Å². The summed E-state index contributed by atoms with van der Waals surface area (Å²) in [7, 11) is 0. The zero-order valence-electron chi connectivity index (χ0n) is 5.53. The molecule has 60 valence electrons. The predicted octanol–water partition coefficient (Wildman–Crippen LogP) is 2.41. The van der Waals surface area contributed by atoms with Crippen molar-refractivity contribution >= 4 is 17.0 Å². The second-order valence-electron chi connectivity index (χ2n) is 2.24. The Bertz CT molecular complexity index is 136. The first-order valence-electron chi connectivity index (χ1n) is 2.53. The Kier molecular flexibility index (Phi) is 3.02. The highest BCUT2D eigenvalue weighted by Crippen LogP contribution is 2.20. The summed E-state index contributed by atoms with van der Waals surface area (Å²) in [5.41, 5.74) is -3.01. The van der Waals surface area contributed by atoms with E-state index in [0.717, 1.165) is 13.8 Å². The Hall–Kier alpha value is -0.380. The Morgan fingerprint density at radius 3 is 2.10 bits per heavy atom. The van der Waals surface area contributed by atoms with E-state index in [2.05, 4.69) is 4.74 Å². The lowest BCUT2D eigenvalue weighted by Crippen LogP contribution is -2.34. The summed E-state index contributed by atoms with van der Waals surface area (Å²) < 4.78 is 27.7. The minimum Gasteiger partial charge on any atom is -0.442 e. The Labute approximate surface area is 62.1 Å². The quantitative estimate of drug-likeness (QED) is 0.598. The molecule has 0 saturated heterocycles. The molecule has 5 heteroatoms. The maximum absolute atomic E-state index is 11.8. The van der Waals surface area contributed by atoms with Crippen molar-refractivity contribution in [1.29, 1.82) is 0 Å². The van der Waals surface area contributed by atoms with Crippen LogP contribution in [0.3, 0.4) is 0 Å². The van der Waals surface area contributed by atoms with Gasteiger partial charge in [-0.15, -0.1) is 0 Å². The highest BCUT2D eigenvalue weighted by atomic mass is 35.5. The van der Waals surface area contributed by atoms with Crippen LogP contribution in [0.25, 0.3) is 0 Å². The van der Waals surface area contributed by atoms with Crippen LogP contribution in [0, 0.1) is 0 Å². The molecule has 0 radical (unpaired) electrons. The monoisotopic (exact) mass is 172 g/mol. The molecule has 0 aromatic rings. The number of halogens is 3. The van der Waals surface area contributed by atoms with Crippen LogP contribution in [0.1, 0.15) is 13.8 Å². The van der Waals surface area contributed by atoms with Crippen molar-refractivity contribution in [2.45, 2.75) is 25.9 Å². The fourth-order valence-electron chi connectivity index (χ4n) is 0.251. The molecule has 2 nitrogen and oxygen atoms in total. The predicted molar refractivity (Wildman–Crippen MR) is 32.4 cm³/mol. The topological polar surface area (TPSA) is 26.3 Å². The van der Waals surface area contributed by atoms with Crippen molar-refractivity contribution in [3.05, 3.63) is 0 Å². The van der Waals surface area contributed by atoms with E-state index >= 15 is 0 Å². The van der Waals surface area contributed by atoms with Crippen LogP contribution >= 0.6 is 11.6 Å². The summed E-state index contributed by atoms with van der Waals surface area (Å²) in [5, 5.41) is 0. The van der Waals surface area contributed by atoms with E-state index in [4.69, 9.17) is 11.6 Å². The van der Waals surface area contributed by atoms with Gasteiger partial charge in [0.25, 0.3) is 6.43 Å². The molecule has 0 aliphatic carbocycles. The second-order valence-corrected chi connectivity index (χ2v) is 2.55. The van der Waals surface area contributed by atoms with Crippen molar-refractivity contribution < 1.29 is 18.3 Å². The number of alkyl halides is 2. The molecule has 0 heterocycles. The maximum atomic E-state index is 11.8. The average Bonchev–Trinajstić information content (AvgIpc) is 1.60. The van der Waals surface area contributed by atoms with E-state index in [9.17, 15) is 13.6 Å². The van der Waals surface area contributed by atoms with Crippen molar-refractivity contribution in [2.75, 3.05) is 0 Å². The number of hydrogen-bond donors (Lipinski definition) is 0. The summed E-state index contributed by atoms with van der Waals surface area (Å²) in [6, 6.07) is 0. The lowest BCUT2D eigenvalue weighted by Gasteiger charge is -2.21. The van der Waals surface area contributed by atoms with E-state index in [-0.39, 0.29) is 0 Å². The van der Waals surface area contributed by atoms with Crippen LogP contribution in [-0.4, -0.2) is 17.5 Å². The number of ether oxygens (including phenoxy) is 1. The molecule has 0 aromatic heterocycles. The van der Waals surface area contributed by atoms with Crippen LogP contribution in [-0.2, 0) is 4.74 Å². The highest BCUT2D eigenvalue weighted by Gasteiger charge is 2.33. The minimum atomic E-state index is -2.73. The van der Waals surface area contributed by atoms with Crippen LogP contribution < -0.4 is 0 Å². The number of carbonyl (C=O) groups is 1. The van der Waals surface area contributed by atoms with Crippen molar-refractivity contribution in [1.82, 2.24) is 0 Å². The first-order valence-corrected chi connectivity index (χ1v) is 2.90. The van der Waals surface area contributed by atoms with Gasteiger partial charge in [-0.05, 0) is 13.8 Å². The molecular formula is C5H7ClF2O2. The van der Waals surface area contributed by atoms with Gasteiger partial charge in [-0.1, -0.05) is 0 Å². The molecule has 10 heavy (non-hydrogen) atoms. The van der Waals surface area contributed by atoms with E-state index < -0.39 is 17.5 Å². The molecule has 0 amide bonds. The number of rotatable bonds is 2.